The Morgan fingerprint density at radius 1 is 1.00 bits per heavy atom. The molecule has 0 aliphatic carbocycles. The van der Waals surface area contributed by atoms with Crippen molar-refractivity contribution < 1.29 is 18.3 Å². The lowest BCUT2D eigenvalue weighted by atomic mass is 10.2. The molecule has 4 rings (SSSR count). The first-order valence-electron chi connectivity index (χ1n) is 7.84. The Morgan fingerprint density at radius 2 is 1.81 bits per heavy atom. The van der Waals surface area contributed by atoms with Crippen LogP contribution in [0.5, 0.6) is 0 Å². The van der Waals surface area contributed by atoms with Crippen LogP contribution in [0.1, 0.15) is 11.3 Å². The number of carbonyl (C=O) groups is 1. The average molecular weight is 402 g/mol. The van der Waals surface area contributed by atoms with Crippen molar-refractivity contribution in [2.24, 2.45) is 4.99 Å². The number of aliphatic imine (C=N–C) groups is 1. The van der Waals surface area contributed by atoms with E-state index in [0.29, 0.717) is 21.6 Å². The molecule has 1 aliphatic rings. The molecule has 1 aromatic heterocycles. The van der Waals surface area contributed by atoms with Crippen LogP contribution >= 0.6 is 23.2 Å². The maximum atomic E-state index is 13.8. The van der Waals surface area contributed by atoms with Crippen molar-refractivity contribution in [3.63, 3.8) is 0 Å². The zero-order valence-corrected chi connectivity index (χ0v) is 15.1. The summed E-state index contributed by atoms with van der Waals surface area (Å²) in [6.07, 6.45) is 1.43. The van der Waals surface area contributed by atoms with Crippen LogP contribution < -0.4 is 0 Å². The molecule has 2 aromatic carbocycles. The second-order valence-corrected chi connectivity index (χ2v) is 6.46. The molecule has 7 heteroatoms. The number of ether oxygens (including phenoxy) is 1. The molecule has 0 bridgehead atoms. The summed E-state index contributed by atoms with van der Waals surface area (Å²) in [6.45, 7) is 0. The summed E-state index contributed by atoms with van der Waals surface area (Å²) in [5, 5.41) is 0.849. The highest BCUT2D eigenvalue weighted by Gasteiger charge is 2.26. The third kappa shape index (κ3) is 3.52. The van der Waals surface area contributed by atoms with E-state index in [1.165, 1.54) is 18.2 Å². The topological polar surface area (TPSA) is 51.8 Å². The van der Waals surface area contributed by atoms with E-state index in [0.717, 1.165) is 5.56 Å². The van der Waals surface area contributed by atoms with Crippen LogP contribution in [-0.2, 0) is 9.53 Å². The highest BCUT2D eigenvalue weighted by Crippen LogP contribution is 2.30. The lowest BCUT2D eigenvalue weighted by Gasteiger charge is -1.99. The number of benzene rings is 2. The Kier molecular flexibility index (Phi) is 4.56. The van der Waals surface area contributed by atoms with Gasteiger partial charge in [0.1, 0.15) is 17.3 Å². The van der Waals surface area contributed by atoms with Crippen molar-refractivity contribution in [3.8, 4) is 11.3 Å². The van der Waals surface area contributed by atoms with Gasteiger partial charge in [-0.25, -0.2) is 14.2 Å². The second-order valence-electron chi connectivity index (χ2n) is 5.65. The van der Waals surface area contributed by atoms with Crippen molar-refractivity contribution in [3.05, 3.63) is 87.5 Å². The Hall–Kier alpha value is -2.89. The molecular formula is C20H10Cl2FNO3. The van der Waals surface area contributed by atoms with E-state index in [2.05, 4.69) is 4.99 Å². The van der Waals surface area contributed by atoms with Gasteiger partial charge in [-0.15, -0.1) is 0 Å². The fourth-order valence-electron chi connectivity index (χ4n) is 2.53. The van der Waals surface area contributed by atoms with Crippen molar-refractivity contribution in [2.75, 3.05) is 0 Å². The standard InChI is InChI=1S/C20H10Cl2FNO3/c21-14-7-5-11(9-15(14)22)18-8-6-12(26-18)10-17-20(25)27-19(24-17)13-3-1-2-4-16(13)23/h1-10H/b17-10+. The summed E-state index contributed by atoms with van der Waals surface area (Å²) in [7, 11) is 0. The molecule has 4 nitrogen and oxygen atoms in total. The molecule has 0 saturated carbocycles. The van der Waals surface area contributed by atoms with E-state index < -0.39 is 11.8 Å². The average Bonchev–Trinajstić information content (AvgIpc) is 3.25. The molecule has 1 aliphatic heterocycles. The fourth-order valence-corrected chi connectivity index (χ4v) is 2.83. The van der Waals surface area contributed by atoms with Gasteiger partial charge >= 0.3 is 5.97 Å². The zero-order chi connectivity index (χ0) is 19.0. The Labute approximate surface area is 163 Å². The van der Waals surface area contributed by atoms with E-state index in [1.807, 2.05) is 0 Å². The highest BCUT2D eigenvalue weighted by molar-refractivity contribution is 6.42. The first-order chi connectivity index (χ1) is 13.0. The van der Waals surface area contributed by atoms with Crippen LogP contribution in [0, 0.1) is 5.82 Å². The number of rotatable bonds is 3. The first kappa shape index (κ1) is 17.5. The van der Waals surface area contributed by atoms with Crippen LogP contribution in [0.25, 0.3) is 17.4 Å². The SMILES string of the molecule is O=C1OC(c2ccccc2F)=N/C1=C/c1ccc(-c2ccc(Cl)c(Cl)c2)o1. The van der Waals surface area contributed by atoms with Gasteiger partial charge in [0.05, 0.1) is 15.6 Å². The predicted molar refractivity (Wildman–Crippen MR) is 101 cm³/mol. The lowest BCUT2D eigenvalue weighted by molar-refractivity contribution is -0.129. The van der Waals surface area contributed by atoms with E-state index in [9.17, 15) is 9.18 Å². The fraction of sp³-hybridized carbons (Fsp3) is 0. The number of hydrogen-bond donors (Lipinski definition) is 0. The zero-order valence-electron chi connectivity index (χ0n) is 13.6. The van der Waals surface area contributed by atoms with Gasteiger partial charge in [0.25, 0.3) is 0 Å². The maximum Gasteiger partial charge on any atom is 0.363 e. The normalized spacial score (nSPS) is 15.1. The van der Waals surface area contributed by atoms with Gasteiger partial charge < -0.3 is 9.15 Å². The molecular weight excluding hydrogens is 392 g/mol. The Bertz CT molecular complexity index is 1120. The smallest absolute Gasteiger partial charge is 0.363 e. The van der Waals surface area contributed by atoms with Crippen LogP contribution in [0.15, 0.2) is 69.7 Å². The molecule has 27 heavy (non-hydrogen) atoms. The van der Waals surface area contributed by atoms with Gasteiger partial charge in [-0.1, -0.05) is 35.3 Å². The highest BCUT2D eigenvalue weighted by atomic mass is 35.5. The van der Waals surface area contributed by atoms with Gasteiger partial charge in [0, 0.05) is 11.6 Å². The van der Waals surface area contributed by atoms with Crippen molar-refractivity contribution >= 4 is 41.1 Å². The predicted octanol–water partition coefficient (Wildman–Crippen LogP) is 5.74. The number of carbonyl (C=O) groups excluding carboxylic acids is 1. The third-order valence-electron chi connectivity index (χ3n) is 3.83. The molecule has 0 amide bonds. The van der Waals surface area contributed by atoms with Crippen LogP contribution in [0.2, 0.25) is 10.0 Å². The number of halogens is 3. The monoisotopic (exact) mass is 401 g/mol. The molecule has 2 heterocycles. The quantitative estimate of drug-likeness (QED) is 0.415. The van der Waals surface area contributed by atoms with Crippen LogP contribution in [0.4, 0.5) is 4.39 Å². The van der Waals surface area contributed by atoms with Crippen LogP contribution in [-0.4, -0.2) is 11.9 Å². The summed E-state index contributed by atoms with van der Waals surface area (Å²) < 4.78 is 24.6. The number of esters is 1. The summed E-state index contributed by atoms with van der Waals surface area (Å²) in [4.78, 5) is 16.1. The number of hydrogen-bond acceptors (Lipinski definition) is 4. The van der Waals surface area contributed by atoms with Crippen molar-refractivity contribution in [1.82, 2.24) is 0 Å². The van der Waals surface area contributed by atoms with Gasteiger partial charge in [-0.2, -0.15) is 0 Å². The first-order valence-corrected chi connectivity index (χ1v) is 8.59. The summed E-state index contributed by atoms with van der Waals surface area (Å²) in [5.74, 6) is -0.349. The molecule has 0 N–H and O–H groups in total. The second kappa shape index (κ2) is 7.02. The molecule has 0 saturated heterocycles. The number of furan rings is 1. The minimum absolute atomic E-state index is 0.0169. The maximum absolute atomic E-state index is 13.8. The molecule has 3 aromatic rings. The van der Waals surface area contributed by atoms with E-state index in [4.69, 9.17) is 32.4 Å². The van der Waals surface area contributed by atoms with Gasteiger partial charge in [0.2, 0.25) is 5.90 Å². The summed E-state index contributed by atoms with van der Waals surface area (Å²) in [6, 6.07) is 14.4. The van der Waals surface area contributed by atoms with E-state index in [-0.39, 0.29) is 17.2 Å². The molecule has 0 atom stereocenters. The molecule has 0 radical (unpaired) electrons. The number of cyclic esters (lactones) is 1. The minimum Gasteiger partial charge on any atom is -0.457 e. The molecule has 0 unspecified atom stereocenters. The van der Waals surface area contributed by atoms with Gasteiger partial charge in [-0.3, -0.25) is 0 Å². The Balaban J connectivity index is 1.64. The van der Waals surface area contributed by atoms with Gasteiger partial charge in [0.15, 0.2) is 5.70 Å². The largest absolute Gasteiger partial charge is 0.457 e. The van der Waals surface area contributed by atoms with E-state index in [1.54, 1.807) is 42.5 Å². The van der Waals surface area contributed by atoms with E-state index >= 15 is 0 Å². The third-order valence-corrected chi connectivity index (χ3v) is 4.57. The number of nitrogens with zero attached hydrogens (tertiary/aromatic N) is 1. The molecule has 134 valence electrons. The summed E-state index contributed by atoms with van der Waals surface area (Å²) in [5.41, 5.74) is 0.868. The van der Waals surface area contributed by atoms with Crippen molar-refractivity contribution in [2.45, 2.75) is 0 Å². The van der Waals surface area contributed by atoms with Crippen molar-refractivity contribution in [1.29, 1.82) is 0 Å². The lowest BCUT2D eigenvalue weighted by Crippen LogP contribution is -2.07. The molecule has 0 fully saturated rings. The summed E-state index contributed by atoms with van der Waals surface area (Å²) >= 11 is 11.9. The van der Waals surface area contributed by atoms with Crippen LogP contribution in [0.3, 0.4) is 0 Å². The minimum atomic E-state index is -0.680. The Morgan fingerprint density at radius 3 is 2.59 bits per heavy atom. The van der Waals surface area contributed by atoms with Gasteiger partial charge in [-0.05, 0) is 42.5 Å². The molecule has 0 spiro atoms.